The summed E-state index contributed by atoms with van der Waals surface area (Å²) in [5.74, 6) is 0. The minimum Gasteiger partial charge on any atom is -0.399 e. The van der Waals surface area contributed by atoms with Gasteiger partial charge < -0.3 is 11.1 Å². The summed E-state index contributed by atoms with van der Waals surface area (Å²) in [4.78, 5) is 0. The number of rotatable bonds is 3. The maximum atomic E-state index is 13.0. The lowest BCUT2D eigenvalue weighted by Gasteiger charge is -2.13. The molecule has 0 aliphatic heterocycles. The van der Waals surface area contributed by atoms with Crippen molar-refractivity contribution >= 4 is 33.0 Å². The fourth-order valence-electron chi connectivity index (χ4n) is 1.74. The second-order valence-corrected chi connectivity index (χ2v) is 4.99. The number of nitrogen functional groups attached to an aromatic ring is 1. The molecule has 2 aromatic rings. The van der Waals surface area contributed by atoms with E-state index in [0.29, 0.717) is 11.3 Å². The molecule has 0 saturated carbocycles. The van der Waals surface area contributed by atoms with Crippen molar-refractivity contribution < 1.29 is 8.78 Å². The number of halogens is 3. The fourth-order valence-corrected chi connectivity index (χ4v) is 2.10. The Labute approximate surface area is 123 Å². The SMILES string of the molecule is N#Cc1ccc(Br)cc1Nc1ccc(N)cc1C(F)F. The second kappa shape index (κ2) is 5.88. The van der Waals surface area contributed by atoms with Crippen LogP contribution in [0.3, 0.4) is 0 Å². The Hall–Kier alpha value is -2.13. The molecule has 0 spiro atoms. The summed E-state index contributed by atoms with van der Waals surface area (Å²) in [6.07, 6.45) is -2.65. The van der Waals surface area contributed by atoms with Crippen LogP contribution in [0.1, 0.15) is 17.6 Å². The van der Waals surface area contributed by atoms with Gasteiger partial charge in [0.25, 0.3) is 6.43 Å². The molecule has 0 aromatic heterocycles. The molecule has 0 atom stereocenters. The molecule has 20 heavy (non-hydrogen) atoms. The number of nitrogens with two attached hydrogens (primary N) is 1. The summed E-state index contributed by atoms with van der Waals surface area (Å²) < 4.78 is 26.7. The van der Waals surface area contributed by atoms with Crippen molar-refractivity contribution in [3.63, 3.8) is 0 Å². The van der Waals surface area contributed by atoms with Crippen LogP contribution in [0.5, 0.6) is 0 Å². The molecule has 0 saturated heterocycles. The number of hydrogen-bond acceptors (Lipinski definition) is 3. The van der Waals surface area contributed by atoms with E-state index in [-0.39, 0.29) is 16.9 Å². The van der Waals surface area contributed by atoms with Crippen molar-refractivity contribution in [1.29, 1.82) is 5.26 Å². The molecule has 6 heteroatoms. The van der Waals surface area contributed by atoms with Crippen LogP contribution in [-0.4, -0.2) is 0 Å². The quantitative estimate of drug-likeness (QED) is 0.805. The van der Waals surface area contributed by atoms with E-state index in [9.17, 15) is 8.78 Å². The Balaban J connectivity index is 2.45. The Kier molecular flexibility index (Phi) is 4.20. The lowest BCUT2D eigenvalue weighted by molar-refractivity contribution is 0.152. The minimum atomic E-state index is -2.65. The Morgan fingerprint density at radius 2 is 1.90 bits per heavy atom. The van der Waals surface area contributed by atoms with Crippen LogP contribution in [-0.2, 0) is 0 Å². The zero-order chi connectivity index (χ0) is 14.7. The molecule has 3 nitrogen and oxygen atoms in total. The first kappa shape index (κ1) is 14.3. The number of benzene rings is 2. The van der Waals surface area contributed by atoms with Gasteiger partial charge in [0.15, 0.2) is 0 Å². The van der Waals surface area contributed by atoms with E-state index in [1.165, 1.54) is 18.2 Å². The summed E-state index contributed by atoms with van der Waals surface area (Å²) in [7, 11) is 0. The highest BCUT2D eigenvalue weighted by atomic mass is 79.9. The predicted octanol–water partition coefficient (Wildman–Crippen LogP) is 4.58. The molecule has 0 fully saturated rings. The van der Waals surface area contributed by atoms with Crippen LogP contribution < -0.4 is 11.1 Å². The van der Waals surface area contributed by atoms with Gasteiger partial charge in [-0.15, -0.1) is 0 Å². The highest BCUT2D eigenvalue weighted by Crippen LogP contribution is 2.32. The molecular formula is C14H10BrF2N3. The van der Waals surface area contributed by atoms with Gasteiger partial charge in [-0.3, -0.25) is 0 Å². The summed E-state index contributed by atoms with van der Waals surface area (Å²) in [5, 5.41) is 11.9. The van der Waals surface area contributed by atoms with Gasteiger partial charge in [0.2, 0.25) is 0 Å². The Morgan fingerprint density at radius 3 is 2.55 bits per heavy atom. The standard InChI is InChI=1S/C14H10BrF2N3/c15-9-2-1-8(7-18)13(5-9)20-12-4-3-10(19)6-11(12)14(16)17/h1-6,14,20H,19H2. The Morgan fingerprint density at radius 1 is 1.15 bits per heavy atom. The summed E-state index contributed by atoms with van der Waals surface area (Å²) >= 11 is 3.28. The van der Waals surface area contributed by atoms with Crippen molar-refractivity contribution in [2.45, 2.75) is 6.43 Å². The smallest absolute Gasteiger partial charge is 0.265 e. The van der Waals surface area contributed by atoms with E-state index in [4.69, 9.17) is 11.0 Å². The topological polar surface area (TPSA) is 61.8 Å². The zero-order valence-corrected chi connectivity index (χ0v) is 11.8. The summed E-state index contributed by atoms with van der Waals surface area (Å²) in [6.45, 7) is 0. The lowest BCUT2D eigenvalue weighted by Crippen LogP contribution is -2.00. The third-order valence-electron chi connectivity index (χ3n) is 2.68. The van der Waals surface area contributed by atoms with Gasteiger partial charge in [-0.2, -0.15) is 5.26 Å². The van der Waals surface area contributed by atoms with Crippen molar-refractivity contribution in [2.24, 2.45) is 0 Å². The number of hydrogen-bond donors (Lipinski definition) is 2. The van der Waals surface area contributed by atoms with Crippen LogP contribution in [0.15, 0.2) is 40.9 Å². The molecule has 0 bridgehead atoms. The first-order valence-electron chi connectivity index (χ1n) is 5.65. The van der Waals surface area contributed by atoms with Crippen LogP contribution in [0.25, 0.3) is 0 Å². The highest BCUT2D eigenvalue weighted by molar-refractivity contribution is 9.10. The molecule has 0 aliphatic rings. The van der Waals surface area contributed by atoms with Crippen LogP contribution in [0.4, 0.5) is 25.8 Å². The van der Waals surface area contributed by atoms with E-state index in [1.54, 1.807) is 18.2 Å². The molecule has 0 radical (unpaired) electrons. The molecule has 3 N–H and O–H groups in total. The average molecular weight is 338 g/mol. The van der Waals surface area contributed by atoms with E-state index >= 15 is 0 Å². The van der Waals surface area contributed by atoms with Gasteiger partial charge in [-0.1, -0.05) is 15.9 Å². The summed E-state index contributed by atoms with van der Waals surface area (Å²) in [5.41, 5.74) is 6.63. The normalized spacial score (nSPS) is 10.3. The van der Waals surface area contributed by atoms with Gasteiger partial charge in [0.1, 0.15) is 6.07 Å². The second-order valence-electron chi connectivity index (χ2n) is 4.07. The fraction of sp³-hybridized carbons (Fsp3) is 0.0714. The molecule has 0 unspecified atom stereocenters. The lowest BCUT2D eigenvalue weighted by atomic mass is 10.1. The largest absolute Gasteiger partial charge is 0.399 e. The van der Waals surface area contributed by atoms with Crippen LogP contribution in [0.2, 0.25) is 0 Å². The van der Waals surface area contributed by atoms with E-state index in [2.05, 4.69) is 21.2 Å². The molecule has 2 rings (SSSR count). The monoisotopic (exact) mass is 337 g/mol. The van der Waals surface area contributed by atoms with Gasteiger partial charge in [0.05, 0.1) is 11.3 Å². The van der Waals surface area contributed by atoms with Gasteiger partial charge in [-0.05, 0) is 36.4 Å². The third kappa shape index (κ3) is 3.06. The average Bonchev–Trinajstić information content (AvgIpc) is 2.41. The molecule has 2 aromatic carbocycles. The van der Waals surface area contributed by atoms with Crippen molar-refractivity contribution in [2.75, 3.05) is 11.1 Å². The highest BCUT2D eigenvalue weighted by Gasteiger charge is 2.14. The van der Waals surface area contributed by atoms with Crippen LogP contribution in [0, 0.1) is 11.3 Å². The molecule has 102 valence electrons. The first-order valence-corrected chi connectivity index (χ1v) is 6.45. The van der Waals surface area contributed by atoms with E-state index in [0.717, 1.165) is 4.47 Å². The van der Waals surface area contributed by atoms with Gasteiger partial charge in [0, 0.05) is 21.4 Å². The number of nitriles is 1. The maximum Gasteiger partial charge on any atom is 0.265 e. The molecule has 0 amide bonds. The van der Waals surface area contributed by atoms with Crippen molar-refractivity contribution in [3.8, 4) is 6.07 Å². The number of nitrogens with zero attached hydrogens (tertiary/aromatic N) is 1. The molecule has 0 aliphatic carbocycles. The van der Waals surface area contributed by atoms with E-state index in [1.807, 2.05) is 6.07 Å². The first-order chi connectivity index (χ1) is 9.51. The Bertz CT molecular complexity index is 681. The third-order valence-corrected chi connectivity index (χ3v) is 3.18. The number of nitrogens with one attached hydrogen (secondary N) is 1. The number of anilines is 3. The van der Waals surface area contributed by atoms with Gasteiger partial charge >= 0.3 is 0 Å². The van der Waals surface area contributed by atoms with Crippen molar-refractivity contribution in [3.05, 3.63) is 52.0 Å². The van der Waals surface area contributed by atoms with Crippen molar-refractivity contribution in [1.82, 2.24) is 0 Å². The molecule has 0 heterocycles. The minimum absolute atomic E-state index is 0.200. The summed E-state index contributed by atoms with van der Waals surface area (Å²) in [6, 6.07) is 11.2. The van der Waals surface area contributed by atoms with Gasteiger partial charge in [-0.25, -0.2) is 8.78 Å². The molecular weight excluding hydrogens is 328 g/mol. The van der Waals surface area contributed by atoms with E-state index < -0.39 is 6.43 Å². The maximum absolute atomic E-state index is 13.0. The number of alkyl halides is 2. The zero-order valence-electron chi connectivity index (χ0n) is 10.2. The van der Waals surface area contributed by atoms with Crippen LogP contribution >= 0.6 is 15.9 Å². The predicted molar refractivity (Wildman–Crippen MR) is 78.0 cm³/mol.